The highest BCUT2D eigenvalue weighted by Gasteiger charge is 2.37. The zero-order chi connectivity index (χ0) is 38.1. The topological polar surface area (TPSA) is 8.17 Å². The Bertz CT molecular complexity index is 3120. The molecule has 270 valence electrons. The second-order valence-corrected chi connectivity index (χ2v) is 15.8. The normalized spacial score (nSPS) is 12.9. The Morgan fingerprint density at radius 2 is 0.947 bits per heavy atom. The Morgan fingerprint density at radius 1 is 0.386 bits per heavy atom. The smallest absolute Gasteiger partial charge is 0.0541 e. The van der Waals surface area contributed by atoms with E-state index in [1.54, 1.807) is 0 Å². The molecule has 0 fully saturated rings. The molecule has 57 heavy (non-hydrogen) atoms. The summed E-state index contributed by atoms with van der Waals surface area (Å²) in [6.45, 7) is 4.76. The van der Waals surface area contributed by atoms with Crippen LogP contribution in [-0.4, -0.2) is 4.57 Å². The van der Waals surface area contributed by atoms with E-state index in [0.29, 0.717) is 0 Å². The molecule has 0 bridgehead atoms. The summed E-state index contributed by atoms with van der Waals surface area (Å²) in [6, 6.07) is 75.4. The van der Waals surface area contributed by atoms with Crippen LogP contribution in [0.1, 0.15) is 25.0 Å². The third-order valence-electron chi connectivity index (χ3n) is 12.2. The predicted molar refractivity (Wildman–Crippen MR) is 241 cm³/mol. The van der Waals surface area contributed by atoms with Crippen LogP contribution in [-0.2, 0) is 5.41 Å². The van der Waals surface area contributed by atoms with Gasteiger partial charge < -0.3 is 9.47 Å². The molecule has 1 aromatic heterocycles. The Hall–Kier alpha value is -7.16. The molecule has 1 heterocycles. The molecule has 2 heteroatoms. The number of fused-ring (bicyclic) bond motifs is 8. The number of hydrogen-bond acceptors (Lipinski definition) is 1. The summed E-state index contributed by atoms with van der Waals surface area (Å²) in [6.07, 6.45) is 0. The van der Waals surface area contributed by atoms with E-state index in [-0.39, 0.29) is 5.41 Å². The lowest BCUT2D eigenvalue weighted by molar-refractivity contribution is 0.666. The van der Waals surface area contributed by atoms with Gasteiger partial charge in [-0.3, -0.25) is 0 Å². The van der Waals surface area contributed by atoms with Gasteiger partial charge in [0, 0.05) is 38.9 Å². The standard InChI is InChI=1S/C55H40N2/c1-55(2)51-36-45(31-33-47(51)49-32-25-40-15-9-10-18-46(40)54(49)55)56(42-16-7-4-8-17-42)43-27-23-39(24-28-43)41-26-34-53-50(35-41)48-19-11-12-20-52(48)57(53)44-29-21-38(22-30-44)37-13-5-3-6-14-37/h3-36H,1-2H3. The molecule has 1 aliphatic rings. The van der Waals surface area contributed by atoms with Crippen molar-refractivity contribution in [2.45, 2.75) is 19.3 Å². The number of nitrogens with zero attached hydrogens (tertiary/aromatic N) is 2. The minimum absolute atomic E-state index is 0.138. The fourth-order valence-corrected chi connectivity index (χ4v) is 9.42. The van der Waals surface area contributed by atoms with Crippen molar-refractivity contribution < 1.29 is 0 Å². The van der Waals surface area contributed by atoms with Crippen molar-refractivity contribution in [3.8, 4) is 39.1 Å². The molecule has 0 radical (unpaired) electrons. The third-order valence-corrected chi connectivity index (χ3v) is 12.2. The average molecular weight is 729 g/mol. The summed E-state index contributed by atoms with van der Waals surface area (Å²) in [4.78, 5) is 2.39. The lowest BCUT2D eigenvalue weighted by Gasteiger charge is -2.28. The van der Waals surface area contributed by atoms with Gasteiger partial charge in [-0.2, -0.15) is 0 Å². The van der Waals surface area contributed by atoms with Gasteiger partial charge in [-0.15, -0.1) is 0 Å². The molecule has 0 N–H and O–H groups in total. The molecular formula is C55H40N2. The van der Waals surface area contributed by atoms with Crippen molar-refractivity contribution >= 4 is 49.6 Å². The summed E-state index contributed by atoms with van der Waals surface area (Å²) in [7, 11) is 0. The molecule has 10 aromatic rings. The van der Waals surface area contributed by atoms with E-state index in [2.05, 4.69) is 230 Å². The highest BCUT2D eigenvalue weighted by molar-refractivity contribution is 6.10. The van der Waals surface area contributed by atoms with Gasteiger partial charge in [0.25, 0.3) is 0 Å². The van der Waals surface area contributed by atoms with Crippen LogP contribution in [0.15, 0.2) is 206 Å². The van der Waals surface area contributed by atoms with Crippen LogP contribution in [0, 0.1) is 0 Å². The number of hydrogen-bond donors (Lipinski definition) is 0. The lowest BCUT2D eigenvalue weighted by atomic mass is 9.80. The van der Waals surface area contributed by atoms with Gasteiger partial charge in [-0.25, -0.2) is 0 Å². The van der Waals surface area contributed by atoms with E-state index in [1.807, 2.05) is 0 Å². The molecule has 11 rings (SSSR count). The van der Waals surface area contributed by atoms with Crippen molar-refractivity contribution in [3.63, 3.8) is 0 Å². The molecule has 2 nitrogen and oxygen atoms in total. The van der Waals surface area contributed by atoms with E-state index in [0.717, 1.165) is 22.7 Å². The SMILES string of the molecule is CC1(C)c2cc(N(c3ccccc3)c3ccc(-c4ccc5c(c4)c4ccccc4n5-c4ccc(-c5ccccc5)cc4)cc3)ccc2-c2ccc3ccccc3c21. The Balaban J connectivity index is 0.969. The van der Waals surface area contributed by atoms with Crippen molar-refractivity contribution in [3.05, 3.63) is 217 Å². The van der Waals surface area contributed by atoms with Crippen molar-refractivity contribution in [2.75, 3.05) is 4.90 Å². The van der Waals surface area contributed by atoms with Crippen LogP contribution < -0.4 is 4.90 Å². The summed E-state index contributed by atoms with van der Waals surface area (Å²) < 4.78 is 2.39. The van der Waals surface area contributed by atoms with Gasteiger partial charge in [0.1, 0.15) is 0 Å². The second-order valence-electron chi connectivity index (χ2n) is 15.8. The van der Waals surface area contributed by atoms with E-state index in [4.69, 9.17) is 0 Å². The molecule has 1 aliphatic carbocycles. The van der Waals surface area contributed by atoms with Crippen LogP contribution in [0.25, 0.3) is 71.6 Å². The molecule has 0 saturated heterocycles. The van der Waals surface area contributed by atoms with E-state index < -0.39 is 0 Å². The number of benzene rings is 9. The fraction of sp³-hybridized carbons (Fsp3) is 0.0545. The van der Waals surface area contributed by atoms with Crippen molar-refractivity contribution in [2.24, 2.45) is 0 Å². The zero-order valence-electron chi connectivity index (χ0n) is 32.0. The minimum atomic E-state index is -0.138. The third kappa shape index (κ3) is 5.33. The monoisotopic (exact) mass is 728 g/mol. The van der Waals surface area contributed by atoms with Gasteiger partial charge in [-0.1, -0.05) is 153 Å². The van der Waals surface area contributed by atoms with Gasteiger partial charge in [0.15, 0.2) is 0 Å². The minimum Gasteiger partial charge on any atom is -0.310 e. The second kappa shape index (κ2) is 13.0. The Labute approximate surface area is 333 Å². The van der Waals surface area contributed by atoms with Gasteiger partial charge in [-0.05, 0) is 122 Å². The summed E-state index contributed by atoms with van der Waals surface area (Å²) in [5, 5.41) is 5.14. The molecular weight excluding hydrogens is 689 g/mol. The first-order chi connectivity index (χ1) is 28.0. The first-order valence-electron chi connectivity index (χ1n) is 19.8. The van der Waals surface area contributed by atoms with Crippen LogP contribution in [0.4, 0.5) is 17.1 Å². The molecule has 0 saturated carbocycles. The number of para-hydroxylation sites is 2. The van der Waals surface area contributed by atoms with Gasteiger partial charge in [0.05, 0.1) is 11.0 Å². The molecule has 0 atom stereocenters. The zero-order valence-corrected chi connectivity index (χ0v) is 32.0. The Kier molecular flexibility index (Phi) is 7.55. The number of rotatable bonds is 6. The maximum Gasteiger partial charge on any atom is 0.0541 e. The molecule has 0 amide bonds. The first kappa shape index (κ1) is 33.2. The van der Waals surface area contributed by atoms with E-state index in [1.165, 1.54) is 77.1 Å². The highest BCUT2D eigenvalue weighted by atomic mass is 15.1. The van der Waals surface area contributed by atoms with Gasteiger partial charge >= 0.3 is 0 Å². The molecule has 0 aliphatic heterocycles. The largest absolute Gasteiger partial charge is 0.310 e. The molecule has 9 aromatic carbocycles. The quantitative estimate of drug-likeness (QED) is 0.165. The van der Waals surface area contributed by atoms with E-state index >= 15 is 0 Å². The summed E-state index contributed by atoms with van der Waals surface area (Å²) in [5.41, 5.74) is 17.1. The van der Waals surface area contributed by atoms with Crippen LogP contribution in [0.5, 0.6) is 0 Å². The maximum absolute atomic E-state index is 2.42. The Morgan fingerprint density at radius 3 is 1.74 bits per heavy atom. The first-order valence-corrected chi connectivity index (χ1v) is 19.8. The number of anilines is 3. The fourth-order valence-electron chi connectivity index (χ4n) is 9.42. The van der Waals surface area contributed by atoms with Crippen LogP contribution in [0.2, 0.25) is 0 Å². The van der Waals surface area contributed by atoms with Gasteiger partial charge in [0.2, 0.25) is 0 Å². The lowest BCUT2D eigenvalue weighted by Crippen LogP contribution is -2.17. The molecule has 0 unspecified atom stereocenters. The van der Waals surface area contributed by atoms with E-state index in [9.17, 15) is 0 Å². The maximum atomic E-state index is 2.42. The van der Waals surface area contributed by atoms with Crippen molar-refractivity contribution in [1.82, 2.24) is 4.57 Å². The van der Waals surface area contributed by atoms with Crippen LogP contribution in [0.3, 0.4) is 0 Å². The summed E-state index contributed by atoms with van der Waals surface area (Å²) in [5.74, 6) is 0. The number of aromatic nitrogens is 1. The van der Waals surface area contributed by atoms with Crippen LogP contribution >= 0.6 is 0 Å². The van der Waals surface area contributed by atoms with Crippen molar-refractivity contribution in [1.29, 1.82) is 0 Å². The predicted octanol–water partition coefficient (Wildman–Crippen LogP) is 15.0. The molecule has 0 spiro atoms. The summed E-state index contributed by atoms with van der Waals surface area (Å²) >= 11 is 0. The average Bonchev–Trinajstić information content (AvgIpc) is 3.72. The highest BCUT2D eigenvalue weighted by Crippen LogP contribution is 2.53.